The molecule has 1 atom stereocenters. The van der Waals surface area contributed by atoms with Gasteiger partial charge in [-0.15, -0.1) is 0 Å². The molecule has 3 aromatic rings. The van der Waals surface area contributed by atoms with E-state index in [1.807, 2.05) is 24.3 Å². The molecule has 1 aliphatic heterocycles. The number of nitrogens with one attached hydrogen (secondary N) is 1. The first kappa shape index (κ1) is 14.8. The van der Waals surface area contributed by atoms with Gasteiger partial charge < -0.3 is 14.8 Å². The first-order valence-electron chi connectivity index (χ1n) is 7.68. The largest absolute Gasteiger partial charge is 0.495 e. The van der Waals surface area contributed by atoms with Crippen molar-refractivity contribution in [3.63, 3.8) is 0 Å². The average molecular weight is 329 g/mol. The van der Waals surface area contributed by atoms with Gasteiger partial charge in [-0.25, -0.2) is 4.98 Å². The summed E-state index contributed by atoms with van der Waals surface area (Å²) < 4.78 is 26.6. The summed E-state index contributed by atoms with van der Waals surface area (Å²) in [5, 5.41) is 3.08. The Balaban J connectivity index is 1.78. The fourth-order valence-electron chi connectivity index (χ4n) is 2.84. The van der Waals surface area contributed by atoms with E-state index in [1.165, 1.54) is 0 Å². The summed E-state index contributed by atoms with van der Waals surface area (Å²) in [5.41, 5.74) is 1.57. The number of halogens is 1. The number of hydrogen-bond acceptors (Lipinski definition) is 6. The molecule has 24 heavy (non-hydrogen) atoms. The van der Waals surface area contributed by atoms with E-state index < -0.39 is 6.08 Å². The van der Waals surface area contributed by atoms with Crippen LogP contribution >= 0.6 is 0 Å². The molecule has 124 valence electrons. The quantitative estimate of drug-likeness (QED) is 0.742. The molecule has 0 amide bonds. The van der Waals surface area contributed by atoms with E-state index in [-0.39, 0.29) is 6.23 Å². The van der Waals surface area contributed by atoms with Crippen LogP contribution in [0.4, 0.5) is 15.9 Å². The topological polar surface area (TPSA) is 74.1 Å². The lowest BCUT2D eigenvalue weighted by Gasteiger charge is -2.12. The molecule has 0 saturated carbocycles. The molecule has 2 aromatic heterocycles. The molecule has 1 aliphatic rings. The number of ether oxygens (including phenoxy) is 2. The van der Waals surface area contributed by atoms with Gasteiger partial charge in [0.2, 0.25) is 0 Å². The van der Waals surface area contributed by atoms with Gasteiger partial charge in [0.05, 0.1) is 19.1 Å². The van der Waals surface area contributed by atoms with Gasteiger partial charge in [0.1, 0.15) is 12.0 Å². The molecule has 8 heteroatoms. The zero-order valence-electron chi connectivity index (χ0n) is 13.1. The van der Waals surface area contributed by atoms with Gasteiger partial charge in [0.25, 0.3) is 0 Å². The van der Waals surface area contributed by atoms with Crippen molar-refractivity contribution in [3.05, 3.63) is 36.7 Å². The Bertz CT molecular complexity index is 876. The van der Waals surface area contributed by atoms with Crippen molar-refractivity contribution < 1.29 is 13.9 Å². The standard InChI is InChI=1S/C16H16FN5O2/c1-23-11-6-3-2-5-10(11)19-14-13-15(21-16(17)20-14)22(9-18-13)12-7-4-8-24-12/h2-3,5-6,9,12H,4,7-8H2,1H3,(H,19,20,21). The number of fused-ring (bicyclic) bond motifs is 1. The van der Waals surface area contributed by atoms with Crippen LogP contribution in [0.3, 0.4) is 0 Å². The number of rotatable bonds is 4. The fourth-order valence-corrected chi connectivity index (χ4v) is 2.84. The van der Waals surface area contributed by atoms with E-state index in [4.69, 9.17) is 9.47 Å². The second kappa shape index (κ2) is 6.04. The highest BCUT2D eigenvalue weighted by molar-refractivity contribution is 5.86. The van der Waals surface area contributed by atoms with Crippen LogP contribution in [0.2, 0.25) is 0 Å². The summed E-state index contributed by atoms with van der Waals surface area (Å²) in [4.78, 5) is 12.1. The molecule has 0 radical (unpaired) electrons. The molecule has 1 N–H and O–H groups in total. The molecule has 0 bridgehead atoms. The van der Waals surface area contributed by atoms with Crippen LogP contribution in [0.1, 0.15) is 19.1 Å². The zero-order valence-corrected chi connectivity index (χ0v) is 13.1. The van der Waals surface area contributed by atoms with Gasteiger partial charge in [0.15, 0.2) is 17.0 Å². The maximum Gasteiger partial charge on any atom is 0.312 e. The van der Waals surface area contributed by atoms with Gasteiger partial charge >= 0.3 is 6.08 Å². The highest BCUT2D eigenvalue weighted by atomic mass is 19.1. The van der Waals surface area contributed by atoms with Gasteiger partial charge in [-0.05, 0) is 25.0 Å². The lowest BCUT2D eigenvalue weighted by molar-refractivity contribution is 0.0592. The van der Waals surface area contributed by atoms with E-state index in [0.717, 1.165) is 12.8 Å². The zero-order chi connectivity index (χ0) is 16.5. The van der Waals surface area contributed by atoms with Gasteiger partial charge in [0, 0.05) is 6.61 Å². The Morgan fingerprint density at radius 1 is 1.33 bits per heavy atom. The monoisotopic (exact) mass is 329 g/mol. The summed E-state index contributed by atoms with van der Waals surface area (Å²) >= 11 is 0. The first-order valence-corrected chi connectivity index (χ1v) is 7.68. The Labute approximate surface area is 137 Å². The predicted molar refractivity (Wildman–Crippen MR) is 85.8 cm³/mol. The van der Waals surface area contributed by atoms with Crippen LogP contribution in [0, 0.1) is 6.08 Å². The number of para-hydroxylation sites is 2. The smallest absolute Gasteiger partial charge is 0.312 e. The number of hydrogen-bond donors (Lipinski definition) is 1. The maximum atomic E-state index is 14.0. The molecule has 4 rings (SSSR count). The van der Waals surface area contributed by atoms with Crippen molar-refractivity contribution in [2.24, 2.45) is 0 Å². The number of nitrogens with zero attached hydrogens (tertiary/aromatic N) is 4. The van der Waals surface area contributed by atoms with Gasteiger partial charge in [-0.3, -0.25) is 4.57 Å². The third-order valence-corrected chi connectivity index (χ3v) is 3.97. The summed E-state index contributed by atoms with van der Waals surface area (Å²) in [6.45, 7) is 0.685. The minimum absolute atomic E-state index is 0.164. The van der Waals surface area contributed by atoms with Crippen LogP contribution < -0.4 is 10.1 Å². The third kappa shape index (κ3) is 2.54. The molecular weight excluding hydrogens is 313 g/mol. The maximum absolute atomic E-state index is 14.0. The van der Waals surface area contributed by atoms with Crippen molar-refractivity contribution >= 4 is 22.7 Å². The molecule has 0 aliphatic carbocycles. The Hall–Kier alpha value is -2.74. The SMILES string of the molecule is COc1ccccc1Nc1nc(F)nc2c1ncn2C1CCCO1. The lowest BCUT2D eigenvalue weighted by Crippen LogP contribution is -2.08. The van der Waals surface area contributed by atoms with Crippen molar-refractivity contribution in [2.75, 3.05) is 19.0 Å². The van der Waals surface area contributed by atoms with Crippen LogP contribution in [0.5, 0.6) is 5.75 Å². The van der Waals surface area contributed by atoms with Crippen molar-refractivity contribution in [3.8, 4) is 5.75 Å². The summed E-state index contributed by atoms with van der Waals surface area (Å²) in [6.07, 6.45) is 2.45. The number of imidazole rings is 1. The van der Waals surface area contributed by atoms with Crippen molar-refractivity contribution in [1.29, 1.82) is 0 Å². The summed E-state index contributed by atoms with van der Waals surface area (Å²) in [7, 11) is 1.57. The van der Waals surface area contributed by atoms with Gasteiger partial charge in [-0.2, -0.15) is 14.4 Å². The highest BCUT2D eigenvalue weighted by Gasteiger charge is 2.22. The molecule has 1 saturated heterocycles. The summed E-state index contributed by atoms with van der Waals surface area (Å²) in [5.74, 6) is 0.918. The van der Waals surface area contributed by atoms with Crippen LogP contribution in [0.15, 0.2) is 30.6 Å². The number of methoxy groups -OCH3 is 1. The highest BCUT2D eigenvalue weighted by Crippen LogP contribution is 2.31. The van der Waals surface area contributed by atoms with E-state index >= 15 is 0 Å². The normalized spacial score (nSPS) is 17.3. The minimum Gasteiger partial charge on any atom is -0.495 e. The Morgan fingerprint density at radius 2 is 2.21 bits per heavy atom. The Morgan fingerprint density at radius 3 is 3.00 bits per heavy atom. The van der Waals surface area contributed by atoms with Gasteiger partial charge in [-0.1, -0.05) is 12.1 Å². The predicted octanol–water partition coefficient (Wildman–Crippen LogP) is 3.03. The second-order valence-electron chi connectivity index (χ2n) is 5.46. The van der Waals surface area contributed by atoms with E-state index in [0.29, 0.717) is 35.0 Å². The molecule has 7 nitrogen and oxygen atoms in total. The number of anilines is 2. The molecule has 3 heterocycles. The minimum atomic E-state index is -0.820. The molecule has 1 aromatic carbocycles. The van der Waals surface area contributed by atoms with Crippen molar-refractivity contribution in [2.45, 2.75) is 19.1 Å². The van der Waals surface area contributed by atoms with Crippen LogP contribution in [-0.2, 0) is 4.74 Å². The second-order valence-corrected chi connectivity index (χ2v) is 5.46. The first-order chi connectivity index (χ1) is 11.8. The average Bonchev–Trinajstić information content (AvgIpc) is 3.24. The lowest BCUT2D eigenvalue weighted by atomic mass is 10.3. The van der Waals surface area contributed by atoms with E-state index in [2.05, 4.69) is 20.3 Å². The fraction of sp³-hybridized carbons (Fsp3) is 0.312. The van der Waals surface area contributed by atoms with E-state index in [1.54, 1.807) is 18.0 Å². The van der Waals surface area contributed by atoms with E-state index in [9.17, 15) is 4.39 Å². The van der Waals surface area contributed by atoms with Crippen LogP contribution in [-0.4, -0.2) is 33.2 Å². The third-order valence-electron chi connectivity index (χ3n) is 3.97. The number of benzene rings is 1. The molecule has 1 fully saturated rings. The summed E-state index contributed by atoms with van der Waals surface area (Å²) in [6, 6.07) is 7.33. The Kier molecular flexibility index (Phi) is 3.73. The molecule has 1 unspecified atom stereocenters. The van der Waals surface area contributed by atoms with Crippen LogP contribution in [0.25, 0.3) is 11.2 Å². The molecule has 0 spiro atoms. The number of aromatic nitrogens is 4. The van der Waals surface area contributed by atoms with Crippen molar-refractivity contribution in [1.82, 2.24) is 19.5 Å². The molecular formula is C16H16FN5O2.